The van der Waals surface area contributed by atoms with Crippen LogP contribution in [0.3, 0.4) is 0 Å². The van der Waals surface area contributed by atoms with Gasteiger partial charge in [-0.25, -0.2) is 8.78 Å². The number of carbonyl (C=O) groups is 1. The first kappa shape index (κ1) is 22.8. The summed E-state index contributed by atoms with van der Waals surface area (Å²) < 4.78 is 32.5. The van der Waals surface area contributed by atoms with Gasteiger partial charge in [0.05, 0.1) is 0 Å². The molecule has 5 rings (SSSR count). The minimum Gasteiger partial charge on any atom is -0.457 e. The molecule has 2 fully saturated rings. The Morgan fingerprint density at radius 3 is 2.41 bits per heavy atom. The van der Waals surface area contributed by atoms with E-state index in [0.717, 1.165) is 49.2 Å². The monoisotopic (exact) mass is 482 g/mol. The van der Waals surface area contributed by atoms with Crippen molar-refractivity contribution in [3.63, 3.8) is 0 Å². The summed E-state index contributed by atoms with van der Waals surface area (Å²) in [6.07, 6.45) is 2.11. The Hall–Kier alpha value is -2.96. The molecule has 7 heteroatoms. The van der Waals surface area contributed by atoms with Crippen molar-refractivity contribution in [1.82, 2.24) is 9.80 Å². The van der Waals surface area contributed by atoms with Crippen molar-refractivity contribution >= 4 is 17.5 Å². The van der Waals surface area contributed by atoms with Gasteiger partial charge in [0.1, 0.15) is 23.1 Å². The lowest BCUT2D eigenvalue weighted by molar-refractivity contribution is 0.0329. The van der Waals surface area contributed by atoms with Crippen LogP contribution in [-0.2, 0) is 0 Å². The molecule has 0 spiro atoms. The molecule has 0 saturated carbocycles. The maximum absolute atomic E-state index is 13.5. The van der Waals surface area contributed by atoms with Crippen molar-refractivity contribution in [3.05, 3.63) is 94.5 Å². The maximum Gasteiger partial charge on any atom is 0.254 e. The lowest BCUT2D eigenvalue weighted by Gasteiger charge is -2.46. The van der Waals surface area contributed by atoms with Gasteiger partial charge in [0.2, 0.25) is 0 Å². The number of fused-ring (bicyclic) bond motifs is 1. The predicted octanol–water partition coefficient (Wildman–Crippen LogP) is 6.11. The summed E-state index contributed by atoms with van der Waals surface area (Å²) in [5, 5.41) is 0.752. The molecule has 0 unspecified atom stereocenters. The molecule has 2 atom stereocenters. The Kier molecular flexibility index (Phi) is 6.53. The van der Waals surface area contributed by atoms with Crippen molar-refractivity contribution in [2.75, 3.05) is 26.2 Å². The van der Waals surface area contributed by atoms with E-state index in [1.165, 1.54) is 5.56 Å². The van der Waals surface area contributed by atoms with Crippen LogP contribution in [0.1, 0.15) is 34.7 Å². The third-order valence-electron chi connectivity index (χ3n) is 6.69. The van der Waals surface area contributed by atoms with Crippen molar-refractivity contribution in [2.45, 2.75) is 24.8 Å². The second-order valence-electron chi connectivity index (χ2n) is 8.96. The van der Waals surface area contributed by atoms with Gasteiger partial charge in [-0.15, -0.1) is 0 Å². The first-order valence-electron chi connectivity index (χ1n) is 11.5. The zero-order valence-corrected chi connectivity index (χ0v) is 19.3. The second kappa shape index (κ2) is 9.72. The Balaban J connectivity index is 1.23. The average molecular weight is 483 g/mol. The van der Waals surface area contributed by atoms with E-state index < -0.39 is 11.6 Å². The lowest BCUT2D eigenvalue weighted by atomic mass is 9.86. The fourth-order valence-corrected chi connectivity index (χ4v) is 5.09. The fraction of sp³-hybridized carbons (Fsp3) is 0.296. The Labute approximate surface area is 202 Å². The van der Waals surface area contributed by atoms with Crippen molar-refractivity contribution < 1.29 is 18.3 Å². The third-order valence-corrected chi connectivity index (χ3v) is 6.94. The number of amides is 1. The molecule has 0 aromatic heterocycles. The summed E-state index contributed by atoms with van der Waals surface area (Å²) in [5.74, 6) is -0.601. The van der Waals surface area contributed by atoms with Crippen LogP contribution in [0.25, 0.3) is 0 Å². The SMILES string of the molecule is O=C(c1cccc(Oc2cc(F)cc(F)c2)c1)N1CCN2C[C@@H](c3ccc(Cl)cc3)CC[C@@H]2C1. The Morgan fingerprint density at radius 1 is 0.882 bits per heavy atom. The Morgan fingerprint density at radius 2 is 1.65 bits per heavy atom. The molecule has 1 amide bonds. The van der Waals surface area contributed by atoms with E-state index in [-0.39, 0.29) is 11.7 Å². The zero-order valence-electron chi connectivity index (χ0n) is 18.6. The van der Waals surface area contributed by atoms with Crippen LogP contribution in [0, 0.1) is 11.6 Å². The molecule has 2 saturated heterocycles. The van der Waals surface area contributed by atoms with Gasteiger partial charge in [0, 0.05) is 61.0 Å². The van der Waals surface area contributed by atoms with Crippen LogP contribution in [0.15, 0.2) is 66.7 Å². The fourth-order valence-electron chi connectivity index (χ4n) is 4.97. The number of piperazine rings is 1. The minimum absolute atomic E-state index is 0.0492. The highest BCUT2D eigenvalue weighted by Crippen LogP contribution is 2.33. The molecular weight excluding hydrogens is 458 g/mol. The second-order valence-corrected chi connectivity index (χ2v) is 9.40. The molecule has 0 bridgehead atoms. The van der Waals surface area contributed by atoms with Crippen molar-refractivity contribution in [2.24, 2.45) is 0 Å². The van der Waals surface area contributed by atoms with Crippen LogP contribution < -0.4 is 4.74 Å². The number of benzene rings is 3. The predicted molar refractivity (Wildman–Crippen MR) is 128 cm³/mol. The van der Waals surface area contributed by atoms with E-state index in [9.17, 15) is 13.6 Å². The number of hydrogen-bond donors (Lipinski definition) is 0. The number of piperidine rings is 1. The molecule has 4 nitrogen and oxygen atoms in total. The van der Waals surface area contributed by atoms with Gasteiger partial charge in [0.15, 0.2) is 0 Å². The van der Waals surface area contributed by atoms with Gasteiger partial charge in [-0.05, 0) is 54.7 Å². The van der Waals surface area contributed by atoms with Crippen LogP contribution in [0.2, 0.25) is 5.02 Å². The molecule has 2 heterocycles. The average Bonchev–Trinajstić information content (AvgIpc) is 2.83. The van der Waals surface area contributed by atoms with Crippen LogP contribution in [-0.4, -0.2) is 47.9 Å². The highest BCUT2D eigenvalue weighted by molar-refractivity contribution is 6.30. The third kappa shape index (κ3) is 5.08. The molecule has 176 valence electrons. The number of ether oxygens (including phenoxy) is 1. The number of carbonyl (C=O) groups excluding carboxylic acids is 1. The van der Waals surface area contributed by atoms with Gasteiger partial charge < -0.3 is 9.64 Å². The summed E-state index contributed by atoms with van der Waals surface area (Å²) in [5.41, 5.74) is 1.81. The van der Waals surface area contributed by atoms with Gasteiger partial charge in [-0.2, -0.15) is 0 Å². The van der Waals surface area contributed by atoms with E-state index in [0.29, 0.717) is 36.4 Å². The van der Waals surface area contributed by atoms with Gasteiger partial charge in [-0.3, -0.25) is 9.69 Å². The van der Waals surface area contributed by atoms with Gasteiger partial charge >= 0.3 is 0 Å². The molecule has 2 aliphatic heterocycles. The minimum atomic E-state index is -0.717. The maximum atomic E-state index is 13.5. The topological polar surface area (TPSA) is 32.8 Å². The molecule has 3 aromatic carbocycles. The molecular formula is C27H25ClF2N2O2. The summed E-state index contributed by atoms with van der Waals surface area (Å²) in [7, 11) is 0. The summed E-state index contributed by atoms with van der Waals surface area (Å²) in [4.78, 5) is 17.6. The highest BCUT2D eigenvalue weighted by atomic mass is 35.5. The number of nitrogens with zero attached hydrogens (tertiary/aromatic N) is 2. The van der Waals surface area contributed by atoms with Crippen molar-refractivity contribution in [3.8, 4) is 11.5 Å². The number of halogens is 3. The van der Waals surface area contributed by atoms with Crippen molar-refractivity contribution in [1.29, 1.82) is 0 Å². The summed E-state index contributed by atoms with van der Waals surface area (Å²) in [6.45, 7) is 3.16. The summed E-state index contributed by atoms with van der Waals surface area (Å²) in [6, 6.07) is 18.2. The molecule has 2 aliphatic rings. The van der Waals surface area contributed by atoms with Crippen LogP contribution in [0.5, 0.6) is 11.5 Å². The lowest BCUT2D eigenvalue weighted by Crippen LogP contribution is -2.57. The standard InChI is InChI=1S/C27H25ClF2N2O2/c28-21-7-4-18(5-8-21)20-6-9-24-17-32(11-10-31(24)16-20)27(33)19-2-1-3-25(12-19)34-26-14-22(29)13-23(30)15-26/h1-5,7-8,12-15,20,24H,6,9-11,16-17H2/t20-,24+/m0/s1. The van der Waals surface area contributed by atoms with Gasteiger partial charge in [0.25, 0.3) is 5.91 Å². The van der Waals surface area contributed by atoms with E-state index >= 15 is 0 Å². The van der Waals surface area contributed by atoms with Gasteiger partial charge in [-0.1, -0.05) is 29.8 Å². The zero-order chi connectivity index (χ0) is 23.7. The molecule has 3 aromatic rings. The summed E-state index contributed by atoms with van der Waals surface area (Å²) >= 11 is 6.03. The van der Waals surface area contributed by atoms with E-state index in [1.54, 1.807) is 24.3 Å². The van der Waals surface area contributed by atoms with Crippen LogP contribution >= 0.6 is 11.6 Å². The number of hydrogen-bond acceptors (Lipinski definition) is 3. The Bertz CT molecular complexity index is 1170. The highest BCUT2D eigenvalue weighted by Gasteiger charge is 2.35. The molecule has 0 N–H and O–H groups in total. The first-order valence-corrected chi connectivity index (χ1v) is 11.9. The smallest absolute Gasteiger partial charge is 0.254 e. The normalized spacial score (nSPS) is 20.6. The van der Waals surface area contributed by atoms with E-state index in [4.69, 9.17) is 16.3 Å². The van der Waals surface area contributed by atoms with Crippen LogP contribution in [0.4, 0.5) is 8.78 Å². The first-order chi connectivity index (χ1) is 16.4. The largest absolute Gasteiger partial charge is 0.457 e. The number of rotatable bonds is 4. The van der Waals surface area contributed by atoms with E-state index in [1.807, 2.05) is 17.0 Å². The quantitative estimate of drug-likeness (QED) is 0.449. The molecule has 0 radical (unpaired) electrons. The van der Waals surface area contributed by atoms with E-state index in [2.05, 4.69) is 17.0 Å². The molecule has 34 heavy (non-hydrogen) atoms. The molecule has 0 aliphatic carbocycles.